The molecule has 5 heteroatoms. The van der Waals surface area contributed by atoms with Crippen molar-refractivity contribution in [2.24, 2.45) is 0 Å². The summed E-state index contributed by atoms with van der Waals surface area (Å²) in [7, 11) is 0. The van der Waals surface area contributed by atoms with Crippen molar-refractivity contribution in [2.75, 3.05) is 24.5 Å². The van der Waals surface area contributed by atoms with Crippen LogP contribution in [0.2, 0.25) is 0 Å². The number of hydrogen-bond acceptors (Lipinski definition) is 4. The number of rotatable bonds is 2. The Hall–Kier alpha value is -1.62. The number of carboxylic acid groups (broad SMARTS) is 1. The van der Waals surface area contributed by atoms with E-state index < -0.39 is 12.0 Å². The number of hydrogen-bond donors (Lipinski definition) is 2. The minimum Gasteiger partial charge on any atom is -0.480 e. The van der Waals surface area contributed by atoms with Gasteiger partial charge in [0.2, 0.25) is 0 Å². The molecule has 1 aromatic rings. The molecule has 2 heterocycles. The minimum atomic E-state index is -0.796. The Morgan fingerprint density at radius 1 is 1.69 bits per heavy atom. The van der Waals surface area contributed by atoms with Crippen molar-refractivity contribution in [2.45, 2.75) is 13.0 Å². The minimum absolute atomic E-state index is 0.484. The van der Waals surface area contributed by atoms with E-state index in [9.17, 15) is 4.79 Å². The molecule has 1 aliphatic heterocycles. The quantitative estimate of drug-likeness (QED) is 0.749. The number of aromatic nitrogens is 1. The first-order valence-corrected chi connectivity index (χ1v) is 5.30. The van der Waals surface area contributed by atoms with Gasteiger partial charge >= 0.3 is 5.97 Å². The molecule has 1 fully saturated rings. The van der Waals surface area contributed by atoms with E-state index in [-0.39, 0.29) is 0 Å². The van der Waals surface area contributed by atoms with Crippen LogP contribution >= 0.6 is 0 Å². The van der Waals surface area contributed by atoms with Gasteiger partial charge in [0.05, 0.1) is 0 Å². The summed E-state index contributed by atoms with van der Waals surface area (Å²) < 4.78 is 0. The van der Waals surface area contributed by atoms with Gasteiger partial charge in [-0.3, -0.25) is 9.78 Å². The molecular weight excluding hydrogens is 206 g/mol. The Bertz CT molecular complexity index is 395. The van der Waals surface area contributed by atoms with Gasteiger partial charge in [-0.2, -0.15) is 0 Å². The highest BCUT2D eigenvalue weighted by atomic mass is 16.4. The molecule has 1 atom stereocenters. The maximum atomic E-state index is 10.9. The predicted octanol–water partition coefficient (Wildman–Crippen LogP) is 0.253. The van der Waals surface area contributed by atoms with Gasteiger partial charge in [-0.1, -0.05) is 0 Å². The third kappa shape index (κ3) is 2.30. The van der Waals surface area contributed by atoms with Crippen molar-refractivity contribution >= 4 is 11.7 Å². The Morgan fingerprint density at radius 3 is 3.19 bits per heavy atom. The summed E-state index contributed by atoms with van der Waals surface area (Å²) in [5.74, 6) is -0.796. The van der Waals surface area contributed by atoms with E-state index in [2.05, 4.69) is 15.2 Å². The maximum absolute atomic E-state index is 10.9. The number of nitrogens with zero attached hydrogens (tertiary/aromatic N) is 2. The summed E-state index contributed by atoms with van der Waals surface area (Å²) in [6.45, 7) is 3.95. The number of anilines is 1. The molecule has 2 rings (SSSR count). The number of carboxylic acids is 1. The molecule has 0 bridgehead atoms. The summed E-state index contributed by atoms with van der Waals surface area (Å²) in [4.78, 5) is 17.1. The summed E-state index contributed by atoms with van der Waals surface area (Å²) in [5, 5.41) is 11.9. The van der Waals surface area contributed by atoms with Crippen molar-refractivity contribution in [3.05, 3.63) is 24.0 Å². The lowest BCUT2D eigenvalue weighted by Gasteiger charge is -2.33. The van der Waals surface area contributed by atoms with E-state index in [0.29, 0.717) is 13.1 Å². The van der Waals surface area contributed by atoms with Crippen molar-refractivity contribution in [3.63, 3.8) is 0 Å². The molecule has 86 valence electrons. The van der Waals surface area contributed by atoms with Crippen LogP contribution in [0.1, 0.15) is 5.69 Å². The molecule has 5 nitrogen and oxygen atoms in total. The van der Waals surface area contributed by atoms with Crippen molar-refractivity contribution in [1.29, 1.82) is 0 Å². The first kappa shape index (κ1) is 10.9. The fraction of sp³-hybridized carbons (Fsp3) is 0.455. The van der Waals surface area contributed by atoms with Crippen LogP contribution in [-0.4, -0.2) is 41.7 Å². The van der Waals surface area contributed by atoms with Crippen LogP contribution in [0.15, 0.2) is 18.3 Å². The number of aryl methyl sites for hydroxylation is 1. The van der Waals surface area contributed by atoms with E-state index in [4.69, 9.17) is 5.11 Å². The highest BCUT2D eigenvalue weighted by Gasteiger charge is 2.24. The van der Waals surface area contributed by atoms with Crippen molar-refractivity contribution < 1.29 is 9.90 Å². The zero-order valence-electron chi connectivity index (χ0n) is 9.18. The van der Waals surface area contributed by atoms with E-state index in [0.717, 1.165) is 17.9 Å². The normalized spacial score (nSPS) is 20.8. The Labute approximate surface area is 94.1 Å². The molecule has 1 aliphatic rings. The molecule has 0 spiro atoms. The molecule has 1 aromatic heterocycles. The average Bonchev–Trinajstić information content (AvgIpc) is 2.29. The topological polar surface area (TPSA) is 65.5 Å². The Kier molecular flexibility index (Phi) is 3.05. The van der Waals surface area contributed by atoms with Crippen LogP contribution in [-0.2, 0) is 4.79 Å². The molecular formula is C11H15N3O2. The smallest absolute Gasteiger partial charge is 0.322 e. The van der Waals surface area contributed by atoms with E-state index >= 15 is 0 Å². The van der Waals surface area contributed by atoms with Gasteiger partial charge in [0.25, 0.3) is 0 Å². The fourth-order valence-corrected chi connectivity index (χ4v) is 1.88. The maximum Gasteiger partial charge on any atom is 0.322 e. The molecule has 0 aromatic carbocycles. The van der Waals surface area contributed by atoms with Crippen LogP contribution in [0.25, 0.3) is 0 Å². The van der Waals surface area contributed by atoms with Crippen LogP contribution in [0.5, 0.6) is 0 Å². The molecule has 0 saturated carbocycles. The highest BCUT2D eigenvalue weighted by molar-refractivity contribution is 5.75. The second-order valence-electron chi connectivity index (χ2n) is 3.95. The number of pyridine rings is 1. The molecule has 2 N–H and O–H groups in total. The van der Waals surface area contributed by atoms with E-state index in [1.54, 1.807) is 6.20 Å². The number of aliphatic carboxylic acids is 1. The highest BCUT2D eigenvalue weighted by Crippen LogP contribution is 2.15. The molecule has 0 aliphatic carbocycles. The lowest BCUT2D eigenvalue weighted by Crippen LogP contribution is -2.54. The zero-order valence-corrected chi connectivity index (χ0v) is 9.18. The van der Waals surface area contributed by atoms with Gasteiger partial charge < -0.3 is 15.3 Å². The summed E-state index contributed by atoms with van der Waals surface area (Å²) >= 11 is 0. The monoisotopic (exact) mass is 221 g/mol. The van der Waals surface area contributed by atoms with Crippen LogP contribution in [0.4, 0.5) is 5.69 Å². The third-order valence-electron chi connectivity index (χ3n) is 2.72. The second-order valence-corrected chi connectivity index (χ2v) is 3.95. The van der Waals surface area contributed by atoms with Crippen LogP contribution in [0, 0.1) is 6.92 Å². The van der Waals surface area contributed by atoms with Gasteiger partial charge in [0.15, 0.2) is 0 Å². The summed E-state index contributed by atoms with van der Waals surface area (Å²) in [5.41, 5.74) is 1.99. The van der Waals surface area contributed by atoms with Gasteiger partial charge in [-0.05, 0) is 19.1 Å². The first-order valence-electron chi connectivity index (χ1n) is 5.30. The first-order chi connectivity index (χ1) is 7.66. The molecule has 1 saturated heterocycles. The van der Waals surface area contributed by atoms with Crippen molar-refractivity contribution in [3.8, 4) is 0 Å². The lowest BCUT2D eigenvalue weighted by molar-refractivity contribution is -0.139. The third-order valence-corrected chi connectivity index (χ3v) is 2.72. The van der Waals surface area contributed by atoms with E-state index in [1.807, 2.05) is 19.1 Å². The largest absolute Gasteiger partial charge is 0.480 e. The fourth-order valence-electron chi connectivity index (χ4n) is 1.88. The molecule has 0 amide bonds. The molecule has 16 heavy (non-hydrogen) atoms. The van der Waals surface area contributed by atoms with Gasteiger partial charge in [-0.25, -0.2) is 0 Å². The van der Waals surface area contributed by atoms with Crippen LogP contribution in [0.3, 0.4) is 0 Å². The number of carbonyl (C=O) groups is 1. The van der Waals surface area contributed by atoms with Crippen molar-refractivity contribution in [1.82, 2.24) is 10.3 Å². The van der Waals surface area contributed by atoms with Gasteiger partial charge in [-0.15, -0.1) is 0 Å². The lowest BCUT2D eigenvalue weighted by atomic mass is 10.2. The number of piperazine rings is 1. The van der Waals surface area contributed by atoms with Crippen LogP contribution < -0.4 is 10.2 Å². The number of nitrogens with one attached hydrogen (secondary N) is 1. The predicted molar refractivity (Wildman–Crippen MR) is 60.6 cm³/mol. The van der Waals surface area contributed by atoms with Gasteiger partial charge in [0.1, 0.15) is 6.04 Å². The second kappa shape index (κ2) is 4.49. The Morgan fingerprint density at radius 2 is 2.50 bits per heavy atom. The average molecular weight is 221 g/mol. The molecule has 1 unspecified atom stereocenters. The van der Waals surface area contributed by atoms with Gasteiger partial charge in [0, 0.05) is 37.2 Å². The SMILES string of the molecule is Cc1cc(N2CCNC(C(=O)O)C2)ccn1. The standard InChI is InChI=1S/C11H15N3O2/c1-8-6-9(2-3-12-8)14-5-4-13-10(7-14)11(15)16/h2-3,6,10,13H,4-5,7H2,1H3,(H,15,16). The Balaban J connectivity index is 2.12. The zero-order chi connectivity index (χ0) is 11.5. The summed E-state index contributed by atoms with van der Waals surface area (Å²) in [6, 6.07) is 3.41. The van der Waals surface area contributed by atoms with E-state index in [1.165, 1.54) is 0 Å². The molecule has 0 radical (unpaired) electrons. The summed E-state index contributed by atoms with van der Waals surface area (Å²) in [6.07, 6.45) is 1.75.